The zero-order valence-electron chi connectivity index (χ0n) is 13.1. The number of anilines is 1. The summed E-state index contributed by atoms with van der Waals surface area (Å²) in [6.07, 6.45) is 0. The van der Waals surface area contributed by atoms with E-state index < -0.39 is 0 Å². The second-order valence-electron chi connectivity index (χ2n) is 5.95. The minimum Gasteiger partial charge on any atom is -0.494 e. The topological polar surface area (TPSA) is 34.2 Å². The molecule has 0 bridgehead atoms. The third kappa shape index (κ3) is 3.03. The van der Waals surface area contributed by atoms with Crippen LogP contribution < -0.4 is 10.1 Å². The summed E-state index contributed by atoms with van der Waals surface area (Å²) in [5.41, 5.74) is 3.28. The lowest BCUT2D eigenvalue weighted by molar-refractivity contribution is 0.340. The molecule has 0 fully saturated rings. The fourth-order valence-corrected chi connectivity index (χ4v) is 2.18. The smallest absolute Gasteiger partial charge is 0.120 e. The average Bonchev–Trinajstić information content (AvgIpc) is 2.38. The highest BCUT2D eigenvalue weighted by atomic mass is 16.5. The molecule has 0 amide bonds. The van der Waals surface area contributed by atoms with E-state index in [1.165, 1.54) is 0 Å². The summed E-state index contributed by atoms with van der Waals surface area (Å²) >= 11 is 0. The number of nitrogens with one attached hydrogen (secondary N) is 1. The molecule has 0 atom stereocenters. The van der Waals surface area contributed by atoms with Crippen LogP contribution in [0, 0.1) is 0 Å². The van der Waals surface area contributed by atoms with Crippen molar-refractivity contribution in [1.29, 1.82) is 0 Å². The number of aromatic nitrogens is 1. The monoisotopic (exact) mass is 272 g/mol. The van der Waals surface area contributed by atoms with Crippen molar-refractivity contribution in [2.75, 3.05) is 18.5 Å². The molecule has 0 radical (unpaired) electrons. The number of fused-ring (bicyclic) bond motifs is 1. The molecule has 0 saturated carbocycles. The van der Waals surface area contributed by atoms with Crippen LogP contribution in [0.2, 0.25) is 0 Å². The molecule has 1 heterocycles. The van der Waals surface area contributed by atoms with Crippen molar-refractivity contribution in [3.8, 4) is 5.75 Å². The third-order valence-corrected chi connectivity index (χ3v) is 3.23. The quantitative estimate of drug-likeness (QED) is 0.897. The average molecular weight is 272 g/mol. The molecule has 0 aliphatic carbocycles. The molecule has 108 valence electrons. The molecule has 1 N–H and O–H groups in total. The van der Waals surface area contributed by atoms with Crippen molar-refractivity contribution in [2.24, 2.45) is 0 Å². The Bertz CT molecular complexity index is 600. The molecule has 3 nitrogen and oxygen atoms in total. The van der Waals surface area contributed by atoms with Crippen molar-refractivity contribution in [1.82, 2.24) is 4.98 Å². The first-order chi connectivity index (χ1) is 9.45. The summed E-state index contributed by atoms with van der Waals surface area (Å²) < 4.78 is 5.59. The molecule has 1 aromatic heterocycles. The standard InChI is InChI=1S/C17H24N2O/c1-6-18-15-11-16(17(3,4)5)19-14-9-8-12(20-7-2)10-13(14)15/h8-11H,6-7H2,1-5H3,(H,18,19). The molecular formula is C17H24N2O. The highest BCUT2D eigenvalue weighted by Crippen LogP contribution is 2.31. The van der Waals surface area contributed by atoms with Gasteiger partial charge in [-0.25, -0.2) is 0 Å². The van der Waals surface area contributed by atoms with E-state index >= 15 is 0 Å². The summed E-state index contributed by atoms with van der Waals surface area (Å²) in [6, 6.07) is 8.25. The molecule has 1 aromatic carbocycles. The molecule has 0 spiro atoms. The predicted octanol–water partition coefficient (Wildman–Crippen LogP) is 4.36. The van der Waals surface area contributed by atoms with Crippen LogP contribution in [0.5, 0.6) is 5.75 Å². The lowest BCUT2D eigenvalue weighted by Crippen LogP contribution is -2.14. The number of hydrogen-bond donors (Lipinski definition) is 1. The minimum atomic E-state index is 0.0386. The molecule has 2 aromatic rings. The van der Waals surface area contributed by atoms with Crippen molar-refractivity contribution in [3.63, 3.8) is 0 Å². The summed E-state index contributed by atoms with van der Waals surface area (Å²) in [4.78, 5) is 4.80. The van der Waals surface area contributed by atoms with Crippen LogP contribution in [-0.2, 0) is 5.41 Å². The van der Waals surface area contributed by atoms with Gasteiger partial charge in [-0.2, -0.15) is 0 Å². The van der Waals surface area contributed by atoms with Crippen molar-refractivity contribution in [2.45, 2.75) is 40.0 Å². The van der Waals surface area contributed by atoms with E-state index in [2.05, 4.69) is 45.1 Å². The molecule has 0 aliphatic heterocycles. The van der Waals surface area contributed by atoms with Gasteiger partial charge in [0.25, 0.3) is 0 Å². The Morgan fingerprint density at radius 3 is 2.50 bits per heavy atom. The molecule has 0 aliphatic rings. The first-order valence-electron chi connectivity index (χ1n) is 7.27. The second kappa shape index (κ2) is 5.70. The Balaban J connectivity index is 2.61. The van der Waals surface area contributed by atoms with Crippen molar-refractivity contribution >= 4 is 16.6 Å². The van der Waals surface area contributed by atoms with Gasteiger partial charge >= 0.3 is 0 Å². The van der Waals surface area contributed by atoms with Gasteiger partial charge in [-0.05, 0) is 38.1 Å². The number of rotatable bonds is 4. The van der Waals surface area contributed by atoms with Gasteiger partial charge in [-0.15, -0.1) is 0 Å². The van der Waals surface area contributed by atoms with E-state index in [-0.39, 0.29) is 5.41 Å². The SMILES string of the molecule is CCNc1cc(C(C)(C)C)nc2ccc(OCC)cc12. The Kier molecular flexibility index (Phi) is 4.17. The summed E-state index contributed by atoms with van der Waals surface area (Å²) in [7, 11) is 0. The first-order valence-corrected chi connectivity index (χ1v) is 7.27. The summed E-state index contributed by atoms with van der Waals surface area (Å²) in [6.45, 7) is 12.2. The van der Waals surface area contributed by atoms with E-state index in [9.17, 15) is 0 Å². The van der Waals surface area contributed by atoms with Gasteiger partial charge in [-0.1, -0.05) is 20.8 Å². The highest BCUT2D eigenvalue weighted by molar-refractivity contribution is 5.92. The number of hydrogen-bond acceptors (Lipinski definition) is 3. The van der Waals surface area contributed by atoms with E-state index in [0.717, 1.165) is 34.6 Å². The highest BCUT2D eigenvalue weighted by Gasteiger charge is 2.18. The lowest BCUT2D eigenvalue weighted by atomic mass is 9.90. The van der Waals surface area contributed by atoms with E-state index in [0.29, 0.717) is 6.61 Å². The van der Waals surface area contributed by atoms with Crippen LogP contribution in [0.15, 0.2) is 24.3 Å². The maximum absolute atomic E-state index is 5.59. The summed E-state index contributed by atoms with van der Waals surface area (Å²) in [5.74, 6) is 0.893. The summed E-state index contributed by atoms with van der Waals surface area (Å²) in [5, 5.41) is 4.55. The molecule has 2 rings (SSSR count). The van der Waals surface area contributed by atoms with Gasteiger partial charge in [0.05, 0.1) is 12.1 Å². The van der Waals surface area contributed by atoms with Gasteiger partial charge < -0.3 is 10.1 Å². The van der Waals surface area contributed by atoms with Crippen LogP contribution in [0.3, 0.4) is 0 Å². The molecule has 20 heavy (non-hydrogen) atoms. The van der Waals surface area contributed by atoms with E-state index in [1.54, 1.807) is 0 Å². The normalized spacial score (nSPS) is 11.7. The second-order valence-corrected chi connectivity index (χ2v) is 5.95. The van der Waals surface area contributed by atoms with Gasteiger partial charge in [0.1, 0.15) is 5.75 Å². The van der Waals surface area contributed by atoms with Crippen molar-refractivity contribution in [3.05, 3.63) is 30.0 Å². The maximum Gasteiger partial charge on any atom is 0.120 e. The van der Waals surface area contributed by atoms with Gasteiger partial charge in [0, 0.05) is 28.7 Å². The van der Waals surface area contributed by atoms with Crippen LogP contribution in [0.1, 0.15) is 40.3 Å². The van der Waals surface area contributed by atoms with Gasteiger partial charge in [0.2, 0.25) is 0 Å². The van der Waals surface area contributed by atoms with Crippen molar-refractivity contribution < 1.29 is 4.74 Å². The molecule has 0 unspecified atom stereocenters. The first kappa shape index (κ1) is 14.6. The van der Waals surface area contributed by atoms with Gasteiger partial charge in [0.15, 0.2) is 0 Å². The largest absolute Gasteiger partial charge is 0.494 e. The number of pyridine rings is 1. The van der Waals surface area contributed by atoms with Gasteiger partial charge in [-0.3, -0.25) is 4.98 Å². The molecular weight excluding hydrogens is 248 g/mol. The Morgan fingerprint density at radius 2 is 1.90 bits per heavy atom. The lowest BCUT2D eigenvalue weighted by Gasteiger charge is -2.20. The fourth-order valence-electron chi connectivity index (χ4n) is 2.18. The fraction of sp³-hybridized carbons (Fsp3) is 0.471. The molecule has 3 heteroatoms. The minimum absolute atomic E-state index is 0.0386. The van der Waals surface area contributed by atoms with E-state index in [4.69, 9.17) is 9.72 Å². The van der Waals surface area contributed by atoms with Crippen LogP contribution in [0.25, 0.3) is 10.9 Å². The zero-order valence-corrected chi connectivity index (χ0v) is 13.1. The van der Waals surface area contributed by atoms with E-state index in [1.807, 2.05) is 19.1 Å². The predicted molar refractivity (Wildman–Crippen MR) is 85.8 cm³/mol. The Morgan fingerprint density at radius 1 is 1.15 bits per heavy atom. The van der Waals surface area contributed by atoms with Crippen LogP contribution in [-0.4, -0.2) is 18.1 Å². The Labute approximate surface area is 121 Å². The zero-order chi connectivity index (χ0) is 14.8. The number of benzene rings is 1. The number of ether oxygens (including phenoxy) is 1. The van der Waals surface area contributed by atoms with Crippen LogP contribution >= 0.6 is 0 Å². The maximum atomic E-state index is 5.59. The number of nitrogens with zero attached hydrogens (tertiary/aromatic N) is 1. The molecule has 0 saturated heterocycles. The Hall–Kier alpha value is -1.77. The van der Waals surface area contributed by atoms with Crippen LogP contribution in [0.4, 0.5) is 5.69 Å². The third-order valence-electron chi connectivity index (χ3n) is 3.23.